The molecule has 1 aliphatic heterocycles. The van der Waals surface area contributed by atoms with Gasteiger partial charge in [-0.3, -0.25) is 9.78 Å². The summed E-state index contributed by atoms with van der Waals surface area (Å²) in [5, 5.41) is 1.16. The molecule has 0 radical (unpaired) electrons. The van der Waals surface area contributed by atoms with E-state index in [-0.39, 0.29) is 12.0 Å². The molecule has 2 heterocycles. The van der Waals surface area contributed by atoms with Crippen LogP contribution in [0.1, 0.15) is 24.8 Å². The summed E-state index contributed by atoms with van der Waals surface area (Å²) in [5.74, 6) is 1.02. The van der Waals surface area contributed by atoms with E-state index in [0.717, 1.165) is 48.1 Å². The number of aryl methyl sites for hydroxylation is 1. The summed E-state index contributed by atoms with van der Waals surface area (Å²) < 4.78 is 6.16. The highest BCUT2D eigenvalue weighted by molar-refractivity contribution is 5.88. The molecule has 2 N–H and O–H groups in total. The second-order valence-electron chi connectivity index (χ2n) is 7.57. The van der Waals surface area contributed by atoms with Gasteiger partial charge in [-0.05, 0) is 41.8 Å². The number of nitrogens with two attached hydrogens (primary N) is 1. The highest BCUT2D eigenvalue weighted by Crippen LogP contribution is 2.30. The predicted octanol–water partition coefficient (Wildman–Crippen LogP) is 3.93. The summed E-state index contributed by atoms with van der Waals surface area (Å²) in [6.07, 6.45) is 4.12. The van der Waals surface area contributed by atoms with Crippen molar-refractivity contribution in [3.05, 3.63) is 60.3 Å². The van der Waals surface area contributed by atoms with Crippen LogP contribution in [0.2, 0.25) is 0 Å². The van der Waals surface area contributed by atoms with Crippen LogP contribution in [-0.2, 0) is 4.79 Å². The molecule has 1 amide bonds. The molecule has 150 valence electrons. The zero-order valence-electron chi connectivity index (χ0n) is 16.8. The predicted molar refractivity (Wildman–Crippen MR) is 116 cm³/mol. The van der Waals surface area contributed by atoms with Crippen molar-refractivity contribution in [2.75, 3.05) is 19.6 Å². The van der Waals surface area contributed by atoms with Crippen molar-refractivity contribution in [3.63, 3.8) is 0 Å². The number of carbonyl (C=O) groups excluding carboxylic acids is 1. The third-order valence-electron chi connectivity index (χ3n) is 5.65. The Bertz CT molecular complexity index is 993. The van der Waals surface area contributed by atoms with E-state index in [1.54, 1.807) is 0 Å². The molecular weight excluding hydrogens is 362 g/mol. The summed E-state index contributed by atoms with van der Waals surface area (Å²) in [5.41, 5.74) is 10.1. The standard InChI is InChI=1S/C24H27N3O2/c1-17-22(9-6-19-3-2-14-26-24(17)19)18-4-7-20(8-5-18)29-21-11-15-27(16-12-21)23(28)10-13-25/h2-9,14,21H,10-13,15-16,25H2,1H3. The Morgan fingerprint density at radius 2 is 1.90 bits per heavy atom. The largest absolute Gasteiger partial charge is 0.490 e. The normalized spacial score (nSPS) is 14.9. The monoisotopic (exact) mass is 389 g/mol. The smallest absolute Gasteiger partial charge is 0.223 e. The highest BCUT2D eigenvalue weighted by atomic mass is 16.5. The molecule has 4 rings (SSSR count). The van der Waals surface area contributed by atoms with Crippen LogP contribution in [0.4, 0.5) is 0 Å². The number of likely N-dealkylation sites (tertiary alicyclic amines) is 1. The highest BCUT2D eigenvalue weighted by Gasteiger charge is 2.23. The van der Waals surface area contributed by atoms with Gasteiger partial charge < -0.3 is 15.4 Å². The van der Waals surface area contributed by atoms with Gasteiger partial charge in [0.05, 0.1) is 5.52 Å². The fraction of sp³-hybridized carbons (Fsp3) is 0.333. The van der Waals surface area contributed by atoms with E-state index in [9.17, 15) is 4.79 Å². The quantitative estimate of drug-likeness (QED) is 0.718. The Labute approximate surface area is 171 Å². The number of pyridine rings is 1. The minimum absolute atomic E-state index is 0.148. The maximum atomic E-state index is 11.9. The summed E-state index contributed by atoms with van der Waals surface area (Å²) in [4.78, 5) is 18.4. The van der Waals surface area contributed by atoms with Crippen LogP contribution < -0.4 is 10.5 Å². The number of carbonyl (C=O) groups is 1. The number of ether oxygens (including phenoxy) is 1. The van der Waals surface area contributed by atoms with E-state index in [1.807, 2.05) is 29.3 Å². The van der Waals surface area contributed by atoms with Crippen LogP contribution in [0.5, 0.6) is 5.75 Å². The lowest BCUT2D eigenvalue weighted by molar-refractivity contribution is -0.132. The molecular formula is C24H27N3O2. The molecule has 1 aliphatic rings. The molecule has 1 saturated heterocycles. The van der Waals surface area contributed by atoms with Gasteiger partial charge in [0.2, 0.25) is 5.91 Å². The van der Waals surface area contributed by atoms with Crippen LogP contribution >= 0.6 is 0 Å². The van der Waals surface area contributed by atoms with Crippen LogP contribution in [0, 0.1) is 6.92 Å². The van der Waals surface area contributed by atoms with Crippen LogP contribution in [0.15, 0.2) is 54.7 Å². The lowest BCUT2D eigenvalue weighted by Crippen LogP contribution is -2.42. The molecule has 1 aromatic heterocycles. The van der Waals surface area contributed by atoms with E-state index < -0.39 is 0 Å². The first-order valence-corrected chi connectivity index (χ1v) is 10.2. The Kier molecular flexibility index (Phi) is 5.76. The van der Waals surface area contributed by atoms with E-state index in [4.69, 9.17) is 10.5 Å². The van der Waals surface area contributed by atoms with E-state index in [1.165, 1.54) is 11.1 Å². The molecule has 0 aliphatic carbocycles. The Morgan fingerprint density at radius 1 is 1.14 bits per heavy atom. The molecule has 0 atom stereocenters. The summed E-state index contributed by atoms with van der Waals surface area (Å²) in [6.45, 7) is 4.01. The maximum Gasteiger partial charge on any atom is 0.223 e. The van der Waals surface area contributed by atoms with Gasteiger partial charge in [0.25, 0.3) is 0 Å². The molecule has 2 aromatic carbocycles. The number of aromatic nitrogens is 1. The van der Waals surface area contributed by atoms with Crippen LogP contribution in [0.25, 0.3) is 22.0 Å². The second kappa shape index (κ2) is 8.62. The Morgan fingerprint density at radius 3 is 2.62 bits per heavy atom. The molecule has 0 unspecified atom stereocenters. The zero-order chi connectivity index (χ0) is 20.2. The fourth-order valence-electron chi connectivity index (χ4n) is 4.01. The number of nitrogens with zero attached hydrogens (tertiary/aromatic N) is 2. The van der Waals surface area contributed by atoms with E-state index >= 15 is 0 Å². The fourth-order valence-corrected chi connectivity index (χ4v) is 4.01. The van der Waals surface area contributed by atoms with Gasteiger partial charge in [0.15, 0.2) is 0 Å². The van der Waals surface area contributed by atoms with Gasteiger partial charge in [-0.15, -0.1) is 0 Å². The Balaban J connectivity index is 1.42. The van der Waals surface area contributed by atoms with Crippen molar-refractivity contribution in [1.29, 1.82) is 0 Å². The summed E-state index contributed by atoms with van der Waals surface area (Å²) in [7, 11) is 0. The van der Waals surface area contributed by atoms with Gasteiger partial charge in [0, 0.05) is 50.5 Å². The first kappa shape index (κ1) is 19.4. The molecule has 0 bridgehead atoms. The first-order valence-electron chi connectivity index (χ1n) is 10.2. The van der Waals surface area contributed by atoms with E-state index in [0.29, 0.717) is 13.0 Å². The number of hydrogen-bond donors (Lipinski definition) is 1. The van der Waals surface area contributed by atoms with Crippen molar-refractivity contribution in [1.82, 2.24) is 9.88 Å². The molecule has 0 spiro atoms. The van der Waals surface area contributed by atoms with Crippen molar-refractivity contribution < 1.29 is 9.53 Å². The third kappa shape index (κ3) is 4.25. The van der Waals surface area contributed by atoms with Crippen molar-refractivity contribution >= 4 is 16.8 Å². The Hall–Kier alpha value is -2.92. The molecule has 0 saturated carbocycles. The number of amides is 1. The number of hydrogen-bond acceptors (Lipinski definition) is 4. The molecule has 5 nitrogen and oxygen atoms in total. The molecule has 29 heavy (non-hydrogen) atoms. The van der Waals surface area contributed by atoms with Crippen molar-refractivity contribution in [3.8, 4) is 16.9 Å². The SMILES string of the molecule is Cc1c(-c2ccc(OC3CCN(C(=O)CCN)CC3)cc2)ccc2cccnc12. The van der Waals surface area contributed by atoms with Gasteiger partial charge in [-0.2, -0.15) is 0 Å². The van der Waals surface area contributed by atoms with Gasteiger partial charge >= 0.3 is 0 Å². The molecule has 3 aromatic rings. The summed E-state index contributed by atoms with van der Waals surface area (Å²) >= 11 is 0. The third-order valence-corrected chi connectivity index (χ3v) is 5.65. The van der Waals surface area contributed by atoms with Gasteiger partial charge in [-0.1, -0.05) is 30.3 Å². The van der Waals surface area contributed by atoms with Gasteiger partial charge in [-0.25, -0.2) is 0 Å². The van der Waals surface area contributed by atoms with E-state index in [2.05, 4.69) is 42.2 Å². The number of piperidine rings is 1. The molecule has 5 heteroatoms. The average molecular weight is 389 g/mol. The average Bonchev–Trinajstić information content (AvgIpc) is 2.76. The minimum atomic E-state index is 0.148. The second-order valence-corrected chi connectivity index (χ2v) is 7.57. The van der Waals surface area contributed by atoms with Crippen molar-refractivity contribution in [2.45, 2.75) is 32.3 Å². The van der Waals surface area contributed by atoms with Gasteiger partial charge in [0.1, 0.15) is 11.9 Å². The van der Waals surface area contributed by atoms with Crippen molar-refractivity contribution in [2.24, 2.45) is 5.73 Å². The van der Waals surface area contributed by atoms with Crippen LogP contribution in [0.3, 0.4) is 0 Å². The number of rotatable bonds is 5. The first-order chi connectivity index (χ1) is 14.2. The lowest BCUT2D eigenvalue weighted by Gasteiger charge is -2.32. The summed E-state index contributed by atoms with van der Waals surface area (Å²) in [6, 6.07) is 16.6. The zero-order valence-corrected chi connectivity index (χ0v) is 16.8. The molecule has 1 fully saturated rings. The topological polar surface area (TPSA) is 68.5 Å². The van der Waals surface area contributed by atoms with Crippen LogP contribution in [-0.4, -0.2) is 41.5 Å². The minimum Gasteiger partial charge on any atom is -0.490 e. The lowest BCUT2D eigenvalue weighted by atomic mass is 9.98. The maximum absolute atomic E-state index is 11.9. The number of benzene rings is 2. The number of fused-ring (bicyclic) bond motifs is 1.